The molecule has 0 spiro atoms. The zero-order valence-corrected chi connectivity index (χ0v) is 14.5. The maximum atomic E-state index is 9.28. The van der Waals surface area contributed by atoms with Gasteiger partial charge in [0.05, 0.1) is 22.9 Å². The van der Waals surface area contributed by atoms with Gasteiger partial charge < -0.3 is 20.5 Å². The third-order valence-electron chi connectivity index (χ3n) is 4.06. The van der Waals surface area contributed by atoms with E-state index in [1.807, 2.05) is 6.92 Å². The summed E-state index contributed by atoms with van der Waals surface area (Å²) in [5.41, 5.74) is 1.33. The number of nitrogens with one attached hydrogen (secondary N) is 3. The van der Waals surface area contributed by atoms with Crippen LogP contribution in [0.5, 0.6) is 0 Å². The Morgan fingerprint density at radius 3 is 2.83 bits per heavy atom. The van der Waals surface area contributed by atoms with Gasteiger partial charge in [0, 0.05) is 26.3 Å². The average Bonchev–Trinajstić information content (AvgIpc) is 2.94. The quantitative estimate of drug-likeness (QED) is 0.214. The average molecular weight is 339 g/mol. The van der Waals surface area contributed by atoms with E-state index in [0.717, 1.165) is 19.3 Å². The van der Waals surface area contributed by atoms with Gasteiger partial charge in [-0.15, -0.1) is 12.6 Å². The lowest BCUT2D eigenvalue weighted by Gasteiger charge is -2.18. The minimum Gasteiger partial charge on any atom is -0.396 e. The second kappa shape index (κ2) is 8.47. The molecule has 1 aromatic rings. The number of aliphatic hydroxyl groups excluding tert-OH is 1. The predicted octanol–water partition coefficient (Wildman–Crippen LogP) is 1.67. The van der Waals surface area contributed by atoms with Crippen LogP contribution in [0.15, 0.2) is 0 Å². The topological polar surface area (TPSA) is 103 Å². The molecule has 1 aliphatic rings. The smallest absolute Gasteiger partial charge is 0.224 e. The summed E-state index contributed by atoms with van der Waals surface area (Å²) in [6, 6.07) is 0.250. The third-order valence-corrected chi connectivity index (χ3v) is 4.28. The molecule has 0 aliphatic heterocycles. The summed E-state index contributed by atoms with van der Waals surface area (Å²) in [7, 11) is 1.64. The van der Waals surface area contributed by atoms with E-state index >= 15 is 0 Å². The Hall–Kier alpha value is -1.38. The molecule has 0 bridgehead atoms. The second-order valence-corrected chi connectivity index (χ2v) is 6.27. The van der Waals surface area contributed by atoms with Gasteiger partial charge in [0.25, 0.3) is 0 Å². The Kier molecular flexibility index (Phi) is 6.61. The van der Waals surface area contributed by atoms with Gasteiger partial charge in [-0.2, -0.15) is 4.98 Å². The van der Waals surface area contributed by atoms with Gasteiger partial charge in [0.15, 0.2) is 0 Å². The standard InChI is InChI=1S/C15H25N5O2S/c1-9-12(13(16)23)14(19-11-4-3-10(7-11)8-21)20-15(18-9)17-5-6-22-2/h10-11,21H,3-8H2,1-2H3,(H2,16,23)(H2,17,18,19,20)/t10-,11+/m1/s1. The van der Waals surface area contributed by atoms with Crippen molar-refractivity contribution in [3.63, 3.8) is 0 Å². The van der Waals surface area contributed by atoms with Gasteiger partial charge in [0.2, 0.25) is 5.95 Å². The van der Waals surface area contributed by atoms with Crippen LogP contribution >= 0.6 is 12.6 Å². The first-order chi connectivity index (χ1) is 11.0. The zero-order chi connectivity index (χ0) is 16.8. The number of hydrogen-bond acceptors (Lipinski definition) is 7. The molecule has 1 heterocycles. The van der Waals surface area contributed by atoms with Crippen molar-refractivity contribution in [1.82, 2.24) is 9.97 Å². The van der Waals surface area contributed by atoms with Crippen LogP contribution in [0.1, 0.15) is 30.5 Å². The van der Waals surface area contributed by atoms with E-state index < -0.39 is 0 Å². The van der Waals surface area contributed by atoms with Crippen molar-refractivity contribution < 1.29 is 9.84 Å². The second-order valence-electron chi connectivity index (χ2n) is 5.83. The van der Waals surface area contributed by atoms with Crippen LogP contribution in [-0.4, -0.2) is 53.0 Å². The molecule has 1 aromatic heterocycles. The molecule has 0 saturated heterocycles. The third kappa shape index (κ3) is 4.79. The van der Waals surface area contributed by atoms with Crippen LogP contribution in [-0.2, 0) is 4.74 Å². The van der Waals surface area contributed by atoms with E-state index in [9.17, 15) is 5.11 Å². The number of thiol groups is 1. The number of nitrogens with zero attached hydrogens (tertiary/aromatic N) is 2. The number of aliphatic hydroxyl groups is 1. The number of methoxy groups -OCH3 is 1. The van der Waals surface area contributed by atoms with Crippen LogP contribution in [0.25, 0.3) is 0 Å². The number of ether oxygens (including phenoxy) is 1. The van der Waals surface area contributed by atoms with Crippen LogP contribution in [0.3, 0.4) is 0 Å². The number of aromatic nitrogens is 2. The van der Waals surface area contributed by atoms with Crippen molar-refractivity contribution in [2.24, 2.45) is 5.92 Å². The van der Waals surface area contributed by atoms with Gasteiger partial charge in [-0.1, -0.05) is 0 Å². The van der Waals surface area contributed by atoms with E-state index in [1.165, 1.54) is 0 Å². The molecule has 23 heavy (non-hydrogen) atoms. The molecule has 0 amide bonds. The van der Waals surface area contributed by atoms with Crippen LogP contribution in [0, 0.1) is 18.3 Å². The molecular formula is C15H25N5O2S. The molecule has 0 unspecified atom stereocenters. The van der Waals surface area contributed by atoms with Crippen LogP contribution in [0.2, 0.25) is 0 Å². The fourth-order valence-electron chi connectivity index (χ4n) is 2.87. The van der Waals surface area contributed by atoms with Crippen molar-refractivity contribution in [3.8, 4) is 0 Å². The lowest BCUT2D eigenvalue weighted by Crippen LogP contribution is -2.21. The largest absolute Gasteiger partial charge is 0.396 e. The lowest BCUT2D eigenvalue weighted by molar-refractivity contribution is 0.210. The Labute approximate surface area is 142 Å². The first kappa shape index (κ1) is 18.0. The highest BCUT2D eigenvalue weighted by Crippen LogP contribution is 2.29. The Morgan fingerprint density at radius 1 is 1.43 bits per heavy atom. The number of anilines is 2. The Bertz CT molecular complexity index is 555. The Balaban J connectivity index is 2.18. The van der Waals surface area contributed by atoms with Crippen LogP contribution in [0.4, 0.5) is 11.8 Å². The highest BCUT2D eigenvalue weighted by molar-refractivity contribution is 7.97. The van der Waals surface area contributed by atoms with Crippen LogP contribution < -0.4 is 10.6 Å². The van der Waals surface area contributed by atoms with Crippen molar-refractivity contribution in [1.29, 1.82) is 5.41 Å². The van der Waals surface area contributed by atoms with Crippen molar-refractivity contribution in [3.05, 3.63) is 11.3 Å². The van der Waals surface area contributed by atoms with Gasteiger partial charge >= 0.3 is 0 Å². The molecule has 1 fully saturated rings. The van der Waals surface area contributed by atoms with Gasteiger partial charge in [-0.3, -0.25) is 5.41 Å². The monoisotopic (exact) mass is 339 g/mol. The first-order valence-corrected chi connectivity index (χ1v) is 8.26. The molecule has 0 aromatic carbocycles. The highest BCUT2D eigenvalue weighted by atomic mass is 32.1. The lowest BCUT2D eigenvalue weighted by atomic mass is 10.1. The summed E-state index contributed by atoms with van der Waals surface area (Å²) in [5, 5.41) is 23.8. The highest BCUT2D eigenvalue weighted by Gasteiger charge is 2.26. The van der Waals surface area contributed by atoms with Crippen molar-refractivity contribution >= 4 is 29.4 Å². The molecule has 7 nitrogen and oxygen atoms in total. The van der Waals surface area contributed by atoms with E-state index in [1.54, 1.807) is 7.11 Å². The molecule has 4 N–H and O–H groups in total. The fourth-order valence-corrected chi connectivity index (χ4v) is 3.14. The SMILES string of the molecule is COCCNc1nc(C)c(C(=N)S)c(N[C@H]2CC[C@@H](CO)C2)n1. The summed E-state index contributed by atoms with van der Waals surface area (Å²) < 4.78 is 5.01. The summed E-state index contributed by atoms with van der Waals surface area (Å²) in [4.78, 5) is 8.88. The molecule has 2 atom stereocenters. The Morgan fingerprint density at radius 2 is 2.22 bits per heavy atom. The number of hydrogen-bond donors (Lipinski definition) is 5. The molecule has 1 aliphatic carbocycles. The normalized spacial score (nSPS) is 20.5. The molecule has 8 heteroatoms. The molecule has 128 valence electrons. The molecular weight excluding hydrogens is 314 g/mol. The van der Waals surface area contributed by atoms with E-state index in [0.29, 0.717) is 42.1 Å². The van der Waals surface area contributed by atoms with Gasteiger partial charge in [-0.05, 0) is 32.1 Å². The van der Waals surface area contributed by atoms with E-state index in [2.05, 4.69) is 33.2 Å². The van der Waals surface area contributed by atoms with Crippen molar-refractivity contribution in [2.75, 3.05) is 37.5 Å². The van der Waals surface area contributed by atoms with Gasteiger partial charge in [0.1, 0.15) is 5.82 Å². The van der Waals surface area contributed by atoms with Gasteiger partial charge in [-0.25, -0.2) is 4.98 Å². The maximum Gasteiger partial charge on any atom is 0.224 e. The predicted molar refractivity (Wildman–Crippen MR) is 94.8 cm³/mol. The minimum atomic E-state index is 0.144. The fraction of sp³-hybridized carbons (Fsp3) is 0.667. The van der Waals surface area contributed by atoms with Crippen molar-refractivity contribution in [2.45, 2.75) is 32.2 Å². The first-order valence-electron chi connectivity index (χ1n) is 7.81. The zero-order valence-electron chi connectivity index (χ0n) is 13.6. The summed E-state index contributed by atoms with van der Waals surface area (Å²) in [5.74, 6) is 1.48. The van der Waals surface area contributed by atoms with E-state index in [4.69, 9.17) is 10.1 Å². The number of rotatable bonds is 8. The van der Waals surface area contributed by atoms with E-state index in [-0.39, 0.29) is 17.7 Å². The molecule has 2 rings (SSSR count). The summed E-state index contributed by atoms with van der Waals surface area (Å²) >= 11 is 4.16. The molecule has 0 radical (unpaired) electrons. The summed E-state index contributed by atoms with van der Waals surface area (Å²) in [6.45, 7) is 3.25. The maximum absolute atomic E-state index is 9.28. The minimum absolute atomic E-state index is 0.144. The number of aryl methyl sites for hydroxylation is 1. The molecule has 1 saturated carbocycles. The summed E-state index contributed by atoms with van der Waals surface area (Å²) in [6.07, 6.45) is 2.90.